The second-order valence-electron chi connectivity index (χ2n) is 4.02. The average molecular weight is 274 g/mol. The molecule has 4 nitrogen and oxygen atoms in total. The first kappa shape index (κ1) is 13.5. The quantitative estimate of drug-likeness (QED) is 0.787. The fourth-order valence-corrected chi connectivity index (χ4v) is 2.65. The van der Waals surface area contributed by atoms with Crippen molar-refractivity contribution in [2.24, 2.45) is 0 Å². The first-order chi connectivity index (χ1) is 9.27. The zero-order valence-electron chi connectivity index (χ0n) is 10.6. The number of methoxy groups -OCH3 is 1. The van der Waals surface area contributed by atoms with E-state index in [4.69, 9.17) is 10.00 Å². The van der Waals surface area contributed by atoms with E-state index in [0.717, 1.165) is 17.0 Å². The molecular weight excluding hydrogens is 260 g/mol. The van der Waals surface area contributed by atoms with Crippen LogP contribution in [0.5, 0.6) is 0 Å². The summed E-state index contributed by atoms with van der Waals surface area (Å²) in [5.41, 5.74) is 0.803. The Hall–Kier alpha value is -1.90. The van der Waals surface area contributed by atoms with Gasteiger partial charge in [-0.1, -0.05) is 6.07 Å². The predicted molar refractivity (Wildman–Crippen MR) is 75.2 cm³/mol. The Labute approximate surface area is 115 Å². The van der Waals surface area contributed by atoms with Crippen LogP contribution in [0.2, 0.25) is 0 Å². The molecule has 2 aromatic heterocycles. The van der Waals surface area contributed by atoms with E-state index in [1.165, 1.54) is 0 Å². The van der Waals surface area contributed by atoms with Crippen LogP contribution in [0, 0.1) is 11.3 Å². The Morgan fingerprint density at radius 2 is 2.26 bits per heavy atom. The Bertz CT molecular complexity index is 638. The first-order valence-electron chi connectivity index (χ1n) is 5.94. The van der Waals surface area contributed by atoms with Gasteiger partial charge < -0.3 is 9.30 Å². The Balaban J connectivity index is 2.46. The van der Waals surface area contributed by atoms with Gasteiger partial charge in [-0.25, -0.2) is 0 Å². The third-order valence-corrected chi connectivity index (χ3v) is 3.69. The van der Waals surface area contributed by atoms with Crippen molar-refractivity contribution in [3.8, 4) is 16.6 Å². The molecule has 0 unspecified atom stereocenters. The maximum absolute atomic E-state index is 12.2. The number of hydrogen-bond acceptors (Lipinski definition) is 4. The smallest absolute Gasteiger partial charge is 0.268 e. The van der Waals surface area contributed by atoms with Crippen LogP contribution in [0.4, 0.5) is 0 Å². The molecule has 0 saturated heterocycles. The molecule has 2 heterocycles. The van der Waals surface area contributed by atoms with E-state index >= 15 is 0 Å². The lowest BCUT2D eigenvalue weighted by Gasteiger charge is -2.11. The fraction of sp³-hybridized carbons (Fsp3) is 0.286. The lowest BCUT2D eigenvalue weighted by atomic mass is 10.2. The minimum Gasteiger partial charge on any atom is -0.385 e. The van der Waals surface area contributed by atoms with Crippen LogP contribution in [0.3, 0.4) is 0 Å². The van der Waals surface area contributed by atoms with Gasteiger partial charge in [-0.05, 0) is 30.0 Å². The average Bonchev–Trinajstić information content (AvgIpc) is 2.94. The molecule has 2 aromatic rings. The summed E-state index contributed by atoms with van der Waals surface area (Å²) in [6, 6.07) is 9.27. The molecule has 0 saturated carbocycles. The number of hydrogen-bond donors (Lipinski definition) is 0. The standard InChI is InChI=1S/C14H14N2O2S/c1-18-8-3-7-16-12(13-4-2-9-19-13)6-5-11(10-15)14(16)17/h2,4-6,9H,3,7-8H2,1H3. The summed E-state index contributed by atoms with van der Waals surface area (Å²) in [6.07, 6.45) is 0.740. The predicted octanol–water partition coefficient (Wildman–Crippen LogP) is 2.48. The highest BCUT2D eigenvalue weighted by Gasteiger charge is 2.10. The van der Waals surface area contributed by atoms with E-state index in [1.807, 2.05) is 29.6 Å². The van der Waals surface area contributed by atoms with Crippen molar-refractivity contribution in [3.05, 3.63) is 45.6 Å². The molecule has 0 aromatic carbocycles. The lowest BCUT2D eigenvalue weighted by Crippen LogP contribution is -2.24. The molecule has 0 fully saturated rings. The highest BCUT2D eigenvalue weighted by atomic mass is 32.1. The van der Waals surface area contributed by atoms with Crippen molar-refractivity contribution >= 4 is 11.3 Å². The van der Waals surface area contributed by atoms with E-state index in [1.54, 1.807) is 29.1 Å². The molecule has 19 heavy (non-hydrogen) atoms. The van der Waals surface area contributed by atoms with Gasteiger partial charge in [0.05, 0.1) is 10.6 Å². The Morgan fingerprint density at radius 1 is 1.42 bits per heavy atom. The number of nitriles is 1. The van der Waals surface area contributed by atoms with Crippen LogP contribution in [0.1, 0.15) is 12.0 Å². The number of aromatic nitrogens is 1. The minimum absolute atomic E-state index is 0.178. The first-order valence-corrected chi connectivity index (χ1v) is 6.82. The summed E-state index contributed by atoms with van der Waals surface area (Å²) in [4.78, 5) is 13.2. The van der Waals surface area contributed by atoms with Crippen LogP contribution in [0.15, 0.2) is 34.4 Å². The molecule has 0 amide bonds. The zero-order valence-corrected chi connectivity index (χ0v) is 11.4. The summed E-state index contributed by atoms with van der Waals surface area (Å²) in [6.45, 7) is 1.14. The van der Waals surface area contributed by atoms with Crippen LogP contribution < -0.4 is 5.56 Å². The van der Waals surface area contributed by atoms with Crippen molar-refractivity contribution in [2.45, 2.75) is 13.0 Å². The van der Waals surface area contributed by atoms with Crippen LogP contribution >= 0.6 is 11.3 Å². The van der Waals surface area contributed by atoms with Gasteiger partial charge in [0.25, 0.3) is 5.56 Å². The minimum atomic E-state index is -0.232. The molecule has 0 radical (unpaired) electrons. The van der Waals surface area contributed by atoms with Crippen LogP contribution in [0.25, 0.3) is 10.6 Å². The van der Waals surface area contributed by atoms with Crippen molar-refractivity contribution in [1.29, 1.82) is 5.26 Å². The molecule has 0 atom stereocenters. The molecular formula is C14H14N2O2S. The Morgan fingerprint density at radius 3 is 2.89 bits per heavy atom. The summed E-state index contributed by atoms with van der Waals surface area (Å²) in [5, 5.41) is 10.9. The van der Waals surface area contributed by atoms with Gasteiger partial charge in [-0.2, -0.15) is 5.26 Å². The fourth-order valence-electron chi connectivity index (χ4n) is 1.89. The number of ether oxygens (including phenoxy) is 1. The van der Waals surface area contributed by atoms with Gasteiger partial charge in [0.2, 0.25) is 0 Å². The van der Waals surface area contributed by atoms with Gasteiger partial charge in [0, 0.05) is 20.3 Å². The topological polar surface area (TPSA) is 55.0 Å². The highest BCUT2D eigenvalue weighted by Crippen LogP contribution is 2.23. The van der Waals surface area contributed by atoms with Crippen LogP contribution in [-0.4, -0.2) is 18.3 Å². The van der Waals surface area contributed by atoms with Gasteiger partial charge in [-0.3, -0.25) is 4.79 Å². The van der Waals surface area contributed by atoms with E-state index in [9.17, 15) is 4.79 Å². The molecule has 98 valence electrons. The van der Waals surface area contributed by atoms with Gasteiger partial charge in [-0.15, -0.1) is 11.3 Å². The maximum Gasteiger partial charge on any atom is 0.268 e. The number of rotatable bonds is 5. The molecule has 0 aliphatic heterocycles. The van der Waals surface area contributed by atoms with E-state index < -0.39 is 0 Å². The highest BCUT2D eigenvalue weighted by molar-refractivity contribution is 7.13. The summed E-state index contributed by atoms with van der Waals surface area (Å²) < 4.78 is 6.67. The lowest BCUT2D eigenvalue weighted by molar-refractivity contribution is 0.190. The van der Waals surface area contributed by atoms with Crippen molar-refractivity contribution < 1.29 is 4.74 Å². The molecule has 0 spiro atoms. The van der Waals surface area contributed by atoms with Gasteiger partial charge in [0.15, 0.2) is 0 Å². The van der Waals surface area contributed by atoms with E-state index in [-0.39, 0.29) is 11.1 Å². The second-order valence-corrected chi connectivity index (χ2v) is 4.97. The number of pyridine rings is 1. The second kappa shape index (κ2) is 6.32. The maximum atomic E-state index is 12.2. The van der Waals surface area contributed by atoms with Crippen LogP contribution in [-0.2, 0) is 11.3 Å². The molecule has 0 aliphatic rings. The normalized spacial score (nSPS) is 10.3. The SMILES string of the molecule is COCCCn1c(-c2cccs2)ccc(C#N)c1=O. The number of nitrogens with zero attached hydrogens (tertiary/aromatic N) is 2. The Kier molecular flexibility index (Phi) is 4.50. The number of thiophene rings is 1. The van der Waals surface area contributed by atoms with Gasteiger partial charge in [0.1, 0.15) is 11.6 Å². The largest absolute Gasteiger partial charge is 0.385 e. The van der Waals surface area contributed by atoms with Crippen molar-refractivity contribution in [1.82, 2.24) is 4.57 Å². The molecule has 0 bridgehead atoms. The summed E-state index contributed by atoms with van der Waals surface area (Å²) in [7, 11) is 1.63. The third kappa shape index (κ3) is 2.92. The summed E-state index contributed by atoms with van der Waals surface area (Å²) in [5.74, 6) is 0. The van der Waals surface area contributed by atoms with Gasteiger partial charge >= 0.3 is 0 Å². The van der Waals surface area contributed by atoms with E-state index in [0.29, 0.717) is 13.2 Å². The monoisotopic (exact) mass is 274 g/mol. The molecule has 2 rings (SSSR count). The molecule has 0 aliphatic carbocycles. The zero-order chi connectivity index (χ0) is 13.7. The molecule has 0 N–H and O–H groups in total. The third-order valence-electron chi connectivity index (χ3n) is 2.80. The van der Waals surface area contributed by atoms with E-state index in [2.05, 4.69) is 0 Å². The van der Waals surface area contributed by atoms with Crippen molar-refractivity contribution in [2.75, 3.05) is 13.7 Å². The molecule has 5 heteroatoms. The summed E-state index contributed by atoms with van der Waals surface area (Å²) >= 11 is 1.58. The van der Waals surface area contributed by atoms with Crippen molar-refractivity contribution in [3.63, 3.8) is 0 Å².